The molecule has 1 unspecified atom stereocenters. The van der Waals surface area contributed by atoms with Gasteiger partial charge in [0.15, 0.2) is 5.95 Å². The summed E-state index contributed by atoms with van der Waals surface area (Å²) in [5, 5.41) is 3.58. The average molecular weight is 238 g/mol. The molecule has 0 aliphatic carbocycles. The summed E-state index contributed by atoms with van der Waals surface area (Å²) in [6, 6.07) is 0.367. The number of hydrogen-bond donors (Lipinski definition) is 3. The van der Waals surface area contributed by atoms with Gasteiger partial charge in [0.2, 0.25) is 0 Å². The van der Waals surface area contributed by atoms with Crippen molar-refractivity contribution < 1.29 is 0 Å². The Labute approximate surface area is 104 Å². The van der Waals surface area contributed by atoms with E-state index >= 15 is 0 Å². The fourth-order valence-electron chi connectivity index (χ4n) is 2.01. The highest BCUT2D eigenvalue weighted by Crippen LogP contribution is 2.17. The third-order valence-electron chi connectivity index (χ3n) is 2.99. The fraction of sp³-hybridized carbons (Fsp3) is 0.769. The SMILES string of the molecule is CCCCCCNC(CCC)c1cnc(N)[nH]1. The largest absolute Gasteiger partial charge is 0.369 e. The third-order valence-corrected chi connectivity index (χ3v) is 2.99. The molecular formula is C13H26N4. The summed E-state index contributed by atoms with van der Waals surface area (Å²) in [5.74, 6) is 0.508. The highest BCUT2D eigenvalue weighted by Gasteiger charge is 2.11. The van der Waals surface area contributed by atoms with Gasteiger partial charge in [-0.3, -0.25) is 0 Å². The lowest BCUT2D eigenvalue weighted by atomic mass is 10.1. The Morgan fingerprint density at radius 2 is 2.12 bits per heavy atom. The van der Waals surface area contributed by atoms with E-state index in [-0.39, 0.29) is 0 Å². The van der Waals surface area contributed by atoms with E-state index in [1.165, 1.54) is 25.7 Å². The lowest BCUT2D eigenvalue weighted by Gasteiger charge is -2.16. The molecule has 0 fully saturated rings. The van der Waals surface area contributed by atoms with Crippen LogP contribution in [0.4, 0.5) is 5.95 Å². The van der Waals surface area contributed by atoms with E-state index in [0.29, 0.717) is 12.0 Å². The second-order valence-electron chi connectivity index (χ2n) is 4.58. The summed E-state index contributed by atoms with van der Waals surface area (Å²) >= 11 is 0. The molecular weight excluding hydrogens is 212 g/mol. The minimum Gasteiger partial charge on any atom is -0.369 e. The molecule has 1 atom stereocenters. The van der Waals surface area contributed by atoms with Crippen LogP contribution in [-0.4, -0.2) is 16.5 Å². The van der Waals surface area contributed by atoms with Crippen LogP contribution in [0.1, 0.15) is 64.1 Å². The Kier molecular flexibility index (Phi) is 6.70. The maximum absolute atomic E-state index is 5.61. The number of H-pyrrole nitrogens is 1. The van der Waals surface area contributed by atoms with E-state index in [1.807, 2.05) is 6.20 Å². The van der Waals surface area contributed by atoms with Gasteiger partial charge in [0.1, 0.15) is 0 Å². The van der Waals surface area contributed by atoms with Crippen LogP contribution in [0.25, 0.3) is 0 Å². The number of nitrogens with one attached hydrogen (secondary N) is 2. The molecule has 4 heteroatoms. The number of nitrogens with zero attached hydrogens (tertiary/aromatic N) is 1. The predicted molar refractivity (Wildman–Crippen MR) is 72.8 cm³/mol. The number of unbranched alkanes of at least 4 members (excludes halogenated alkanes) is 3. The smallest absolute Gasteiger partial charge is 0.197 e. The maximum Gasteiger partial charge on any atom is 0.197 e. The zero-order valence-electron chi connectivity index (χ0n) is 11.1. The van der Waals surface area contributed by atoms with Crippen LogP contribution < -0.4 is 11.1 Å². The Balaban J connectivity index is 2.33. The molecule has 1 aromatic heterocycles. The number of aromatic amines is 1. The van der Waals surface area contributed by atoms with Gasteiger partial charge in [-0.25, -0.2) is 4.98 Å². The molecule has 0 spiro atoms. The molecule has 98 valence electrons. The van der Waals surface area contributed by atoms with Crippen molar-refractivity contribution in [3.05, 3.63) is 11.9 Å². The predicted octanol–water partition coefficient (Wildman–Crippen LogP) is 3.00. The molecule has 1 aromatic rings. The van der Waals surface area contributed by atoms with Crippen molar-refractivity contribution in [3.8, 4) is 0 Å². The van der Waals surface area contributed by atoms with Crippen molar-refractivity contribution in [2.45, 2.75) is 58.4 Å². The lowest BCUT2D eigenvalue weighted by molar-refractivity contribution is 0.471. The Morgan fingerprint density at radius 3 is 2.71 bits per heavy atom. The van der Waals surface area contributed by atoms with E-state index in [9.17, 15) is 0 Å². The van der Waals surface area contributed by atoms with Crippen molar-refractivity contribution in [1.29, 1.82) is 0 Å². The number of hydrogen-bond acceptors (Lipinski definition) is 3. The molecule has 0 bridgehead atoms. The molecule has 0 radical (unpaired) electrons. The van der Waals surface area contributed by atoms with Crippen LogP contribution in [0.3, 0.4) is 0 Å². The molecule has 0 amide bonds. The summed E-state index contributed by atoms with van der Waals surface area (Å²) in [5.41, 5.74) is 6.72. The van der Waals surface area contributed by atoms with Gasteiger partial charge in [0.05, 0.1) is 11.9 Å². The van der Waals surface area contributed by atoms with Crippen LogP contribution in [-0.2, 0) is 0 Å². The van der Waals surface area contributed by atoms with Crippen LogP contribution in [0.2, 0.25) is 0 Å². The van der Waals surface area contributed by atoms with Gasteiger partial charge in [0.25, 0.3) is 0 Å². The molecule has 0 saturated carbocycles. The highest BCUT2D eigenvalue weighted by molar-refractivity contribution is 5.20. The van der Waals surface area contributed by atoms with E-state index in [0.717, 1.165) is 25.1 Å². The van der Waals surface area contributed by atoms with E-state index in [4.69, 9.17) is 5.73 Å². The van der Waals surface area contributed by atoms with Crippen LogP contribution in [0.15, 0.2) is 6.20 Å². The summed E-state index contributed by atoms with van der Waals surface area (Å²) in [6.45, 7) is 5.51. The van der Waals surface area contributed by atoms with Gasteiger partial charge in [-0.2, -0.15) is 0 Å². The van der Waals surface area contributed by atoms with Gasteiger partial charge in [-0.05, 0) is 19.4 Å². The van der Waals surface area contributed by atoms with Gasteiger partial charge in [0, 0.05) is 6.04 Å². The standard InChI is InChI=1S/C13H26N4/c1-3-5-6-7-9-15-11(8-4-2)12-10-16-13(14)17-12/h10-11,15H,3-9H2,1-2H3,(H3,14,16,17). The first-order chi connectivity index (χ1) is 8.27. The molecule has 0 aliphatic heterocycles. The lowest BCUT2D eigenvalue weighted by Crippen LogP contribution is -2.22. The van der Waals surface area contributed by atoms with Crippen LogP contribution in [0, 0.1) is 0 Å². The number of nitrogens with two attached hydrogens (primary N) is 1. The second-order valence-corrected chi connectivity index (χ2v) is 4.58. The van der Waals surface area contributed by atoms with Crippen LogP contribution >= 0.6 is 0 Å². The first-order valence-corrected chi connectivity index (χ1v) is 6.81. The monoisotopic (exact) mass is 238 g/mol. The number of nitrogen functional groups attached to an aromatic ring is 1. The zero-order chi connectivity index (χ0) is 12.5. The summed E-state index contributed by atoms with van der Waals surface area (Å²) in [7, 11) is 0. The first-order valence-electron chi connectivity index (χ1n) is 6.81. The zero-order valence-corrected chi connectivity index (χ0v) is 11.1. The quantitative estimate of drug-likeness (QED) is 0.579. The molecule has 0 aliphatic rings. The van der Waals surface area contributed by atoms with Crippen molar-refractivity contribution >= 4 is 5.95 Å². The second kappa shape index (κ2) is 8.12. The van der Waals surface area contributed by atoms with E-state index in [1.54, 1.807) is 0 Å². The Morgan fingerprint density at radius 1 is 1.29 bits per heavy atom. The Hall–Kier alpha value is -1.03. The highest BCUT2D eigenvalue weighted by atomic mass is 15.0. The molecule has 17 heavy (non-hydrogen) atoms. The number of rotatable bonds is 9. The minimum atomic E-state index is 0.367. The molecule has 4 N–H and O–H groups in total. The number of imidazole rings is 1. The van der Waals surface area contributed by atoms with Gasteiger partial charge in [-0.15, -0.1) is 0 Å². The molecule has 0 aromatic carbocycles. The summed E-state index contributed by atoms with van der Waals surface area (Å²) in [4.78, 5) is 7.18. The molecule has 1 heterocycles. The normalized spacial score (nSPS) is 12.8. The van der Waals surface area contributed by atoms with Crippen molar-refractivity contribution in [2.24, 2.45) is 0 Å². The minimum absolute atomic E-state index is 0.367. The molecule has 1 rings (SSSR count). The van der Waals surface area contributed by atoms with Crippen LogP contribution in [0.5, 0.6) is 0 Å². The Bertz CT molecular complexity index is 295. The van der Waals surface area contributed by atoms with E-state index < -0.39 is 0 Å². The first kappa shape index (κ1) is 14.0. The molecule has 0 saturated heterocycles. The average Bonchev–Trinajstić information content (AvgIpc) is 2.74. The van der Waals surface area contributed by atoms with E-state index in [2.05, 4.69) is 29.1 Å². The van der Waals surface area contributed by atoms with Gasteiger partial charge < -0.3 is 16.0 Å². The summed E-state index contributed by atoms with van der Waals surface area (Å²) < 4.78 is 0. The summed E-state index contributed by atoms with van der Waals surface area (Å²) in [6.07, 6.45) is 9.30. The third kappa shape index (κ3) is 5.22. The maximum atomic E-state index is 5.61. The number of anilines is 1. The fourth-order valence-corrected chi connectivity index (χ4v) is 2.01. The van der Waals surface area contributed by atoms with Gasteiger partial charge >= 0.3 is 0 Å². The van der Waals surface area contributed by atoms with Crippen molar-refractivity contribution in [3.63, 3.8) is 0 Å². The topological polar surface area (TPSA) is 66.7 Å². The van der Waals surface area contributed by atoms with Crippen molar-refractivity contribution in [2.75, 3.05) is 12.3 Å². The molecule has 4 nitrogen and oxygen atoms in total. The van der Waals surface area contributed by atoms with Crippen molar-refractivity contribution in [1.82, 2.24) is 15.3 Å². The van der Waals surface area contributed by atoms with Gasteiger partial charge in [-0.1, -0.05) is 39.5 Å². The number of aromatic nitrogens is 2.